The van der Waals surface area contributed by atoms with Gasteiger partial charge in [-0.2, -0.15) is 4.31 Å². The molecule has 42 heavy (non-hydrogen) atoms. The molecular weight excluding hydrogens is 553 g/mol. The van der Waals surface area contributed by atoms with Crippen LogP contribution in [0.1, 0.15) is 60.9 Å². The molecule has 1 saturated carbocycles. The van der Waals surface area contributed by atoms with Crippen LogP contribution < -0.4 is 10.1 Å². The predicted octanol–water partition coefficient (Wildman–Crippen LogP) is 5.49. The molecule has 2 aliphatic rings. The summed E-state index contributed by atoms with van der Waals surface area (Å²) in [6.45, 7) is 0.309. The van der Waals surface area contributed by atoms with E-state index in [2.05, 4.69) is 24.3 Å². The normalized spacial score (nSPS) is 21.9. The molecule has 1 N–H and O–H groups in total. The van der Waals surface area contributed by atoms with Crippen molar-refractivity contribution in [1.29, 1.82) is 0 Å². The molecule has 3 aromatic carbocycles. The van der Waals surface area contributed by atoms with Crippen LogP contribution in [-0.4, -0.2) is 57.3 Å². The molecule has 7 nitrogen and oxygen atoms in total. The molecule has 1 amide bonds. The monoisotopic (exact) mass is 593 g/mol. The van der Waals surface area contributed by atoms with E-state index in [4.69, 9.17) is 4.74 Å². The third-order valence-electron chi connectivity index (χ3n) is 8.76. The van der Waals surface area contributed by atoms with E-state index in [9.17, 15) is 17.6 Å². The third kappa shape index (κ3) is 6.53. The van der Waals surface area contributed by atoms with Gasteiger partial charge in [-0.15, -0.1) is 0 Å². The van der Waals surface area contributed by atoms with Gasteiger partial charge in [-0.1, -0.05) is 36.4 Å². The molecule has 3 aromatic rings. The molecular formula is C33H40FN3O4S. The maximum absolute atomic E-state index is 13.8. The Morgan fingerprint density at radius 2 is 1.67 bits per heavy atom. The average Bonchev–Trinajstić information content (AvgIpc) is 2.99. The molecule has 0 aromatic heterocycles. The van der Waals surface area contributed by atoms with Gasteiger partial charge in [-0.25, -0.2) is 12.8 Å². The summed E-state index contributed by atoms with van der Waals surface area (Å²) in [7, 11) is 1.80. The molecule has 0 radical (unpaired) electrons. The Labute approximate surface area is 248 Å². The summed E-state index contributed by atoms with van der Waals surface area (Å²) in [5, 5.41) is 3.22. The number of methoxy groups -OCH3 is 1. The smallest absolute Gasteiger partial charge is 0.243 e. The second-order valence-electron chi connectivity index (χ2n) is 11.6. The summed E-state index contributed by atoms with van der Waals surface area (Å²) in [5.74, 6) is 0.600. The highest BCUT2D eigenvalue weighted by atomic mass is 32.2. The van der Waals surface area contributed by atoms with Crippen LogP contribution in [-0.2, 0) is 21.2 Å². The van der Waals surface area contributed by atoms with Crippen LogP contribution in [0.15, 0.2) is 77.7 Å². The number of rotatable bonds is 9. The number of nitrogens with one attached hydrogen (secondary N) is 1. The van der Waals surface area contributed by atoms with E-state index in [0.717, 1.165) is 42.4 Å². The molecule has 1 aliphatic heterocycles. The Bertz CT molecular complexity index is 1470. The molecule has 1 fully saturated rings. The van der Waals surface area contributed by atoms with Crippen molar-refractivity contribution in [3.63, 3.8) is 0 Å². The minimum Gasteiger partial charge on any atom is -0.497 e. The predicted molar refractivity (Wildman–Crippen MR) is 161 cm³/mol. The first-order chi connectivity index (χ1) is 20.2. The SMILES string of the molecule is COc1ccc(S(=O)(=O)N2CCc3ccccc3C2CC(=O)NC2CCC(C(c3ccc(F)cc3)N(C)C)CC2)cc1. The lowest BCUT2D eigenvalue weighted by molar-refractivity contribution is -0.123. The highest BCUT2D eigenvalue weighted by molar-refractivity contribution is 7.89. The standard InChI is InChI=1S/C33H40FN3O4S/c1-36(2)33(24-8-12-26(34)13-9-24)25-10-14-27(15-11-25)35-32(38)22-31-30-7-5-4-6-23(30)20-21-37(31)42(39,40)29-18-16-28(41-3)17-19-29/h4-9,12-13,16-19,25,27,31,33H,10-11,14-15,20-22H2,1-3H3,(H,35,38). The summed E-state index contributed by atoms with van der Waals surface area (Å²) in [6, 6.07) is 20.6. The van der Waals surface area contributed by atoms with Gasteiger partial charge >= 0.3 is 0 Å². The van der Waals surface area contributed by atoms with Gasteiger partial charge in [-0.3, -0.25) is 4.79 Å². The van der Waals surface area contributed by atoms with Crippen molar-refractivity contribution in [2.75, 3.05) is 27.7 Å². The maximum Gasteiger partial charge on any atom is 0.243 e. The summed E-state index contributed by atoms with van der Waals surface area (Å²) >= 11 is 0. The average molecular weight is 594 g/mol. The van der Waals surface area contributed by atoms with Gasteiger partial charge in [0.2, 0.25) is 15.9 Å². The number of hydrogen-bond donors (Lipinski definition) is 1. The number of amides is 1. The number of nitrogens with zero attached hydrogens (tertiary/aromatic N) is 2. The number of halogens is 1. The number of fused-ring (bicyclic) bond motifs is 1. The van der Waals surface area contributed by atoms with Gasteiger partial charge in [0.05, 0.1) is 18.0 Å². The van der Waals surface area contributed by atoms with Crippen molar-refractivity contribution in [3.8, 4) is 5.75 Å². The second kappa shape index (κ2) is 12.9. The van der Waals surface area contributed by atoms with Crippen LogP contribution in [0.2, 0.25) is 0 Å². The molecule has 0 bridgehead atoms. The maximum atomic E-state index is 13.8. The first kappa shape index (κ1) is 30.2. The summed E-state index contributed by atoms with van der Waals surface area (Å²) in [5.41, 5.74) is 3.06. The first-order valence-electron chi connectivity index (χ1n) is 14.6. The Hall–Kier alpha value is -3.27. The minimum atomic E-state index is -3.84. The lowest BCUT2D eigenvalue weighted by Crippen LogP contribution is -2.44. The number of carbonyl (C=O) groups excluding carboxylic acids is 1. The Morgan fingerprint density at radius 3 is 2.31 bits per heavy atom. The Morgan fingerprint density at radius 1 is 1.00 bits per heavy atom. The highest BCUT2D eigenvalue weighted by Crippen LogP contribution is 2.39. The van der Waals surface area contributed by atoms with Gasteiger partial charge in [0.1, 0.15) is 11.6 Å². The van der Waals surface area contributed by atoms with Gasteiger partial charge in [0, 0.05) is 25.0 Å². The van der Waals surface area contributed by atoms with Gasteiger partial charge in [0.15, 0.2) is 0 Å². The minimum absolute atomic E-state index is 0.0373. The van der Waals surface area contributed by atoms with Crippen molar-refractivity contribution in [1.82, 2.24) is 14.5 Å². The molecule has 1 heterocycles. The van der Waals surface area contributed by atoms with Crippen LogP contribution in [0.3, 0.4) is 0 Å². The van der Waals surface area contributed by atoms with Crippen LogP contribution in [0.25, 0.3) is 0 Å². The summed E-state index contributed by atoms with van der Waals surface area (Å²) in [4.78, 5) is 15.8. The second-order valence-corrected chi connectivity index (χ2v) is 13.5. The molecule has 0 spiro atoms. The molecule has 5 rings (SSSR count). The van der Waals surface area contributed by atoms with Gasteiger partial charge in [0.25, 0.3) is 0 Å². The van der Waals surface area contributed by atoms with E-state index in [1.807, 2.05) is 36.4 Å². The van der Waals surface area contributed by atoms with Crippen molar-refractivity contribution in [3.05, 3.63) is 95.3 Å². The largest absolute Gasteiger partial charge is 0.497 e. The van der Waals surface area contributed by atoms with E-state index in [0.29, 0.717) is 24.6 Å². The quantitative estimate of drug-likeness (QED) is 0.355. The van der Waals surface area contributed by atoms with Gasteiger partial charge in [-0.05, 0) is 105 Å². The fourth-order valence-corrected chi connectivity index (χ4v) is 8.31. The van der Waals surface area contributed by atoms with E-state index >= 15 is 0 Å². The summed E-state index contributed by atoms with van der Waals surface area (Å²) in [6.07, 6.45) is 4.22. The van der Waals surface area contributed by atoms with E-state index in [1.165, 1.54) is 23.5 Å². The molecule has 1 aliphatic carbocycles. The molecule has 2 atom stereocenters. The van der Waals surface area contributed by atoms with Crippen LogP contribution in [0, 0.1) is 11.7 Å². The van der Waals surface area contributed by atoms with Gasteiger partial charge < -0.3 is 15.0 Å². The van der Waals surface area contributed by atoms with Crippen LogP contribution in [0.5, 0.6) is 5.75 Å². The fourth-order valence-electron chi connectivity index (χ4n) is 6.70. The molecule has 0 saturated heterocycles. The van der Waals surface area contributed by atoms with Crippen molar-refractivity contribution >= 4 is 15.9 Å². The third-order valence-corrected chi connectivity index (χ3v) is 10.7. The zero-order valence-corrected chi connectivity index (χ0v) is 25.3. The van der Waals surface area contributed by atoms with Crippen LogP contribution >= 0.6 is 0 Å². The van der Waals surface area contributed by atoms with E-state index in [1.54, 1.807) is 24.3 Å². The zero-order valence-electron chi connectivity index (χ0n) is 24.5. The van der Waals surface area contributed by atoms with Crippen molar-refractivity contribution in [2.24, 2.45) is 5.92 Å². The van der Waals surface area contributed by atoms with Crippen LogP contribution in [0.4, 0.5) is 4.39 Å². The number of ether oxygens (including phenoxy) is 1. The molecule has 9 heteroatoms. The number of benzene rings is 3. The topological polar surface area (TPSA) is 79.0 Å². The molecule has 2 unspecified atom stereocenters. The summed E-state index contributed by atoms with van der Waals surface area (Å²) < 4.78 is 47.8. The number of sulfonamides is 1. The highest BCUT2D eigenvalue weighted by Gasteiger charge is 2.38. The number of carbonyl (C=O) groups is 1. The first-order valence-corrected chi connectivity index (χ1v) is 16.1. The Balaban J connectivity index is 1.27. The van der Waals surface area contributed by atoms with E-state index in [-0.39, 0.29) is 35.1 Å². The van der Waals surface area contributed by atoms with Crippen molar-refractivity contribution in [2.45, 2.75) is 61.5 Å². The Kier molecular flexibility index (Phi) is 9.30. The lowest BCUT2D eigenvalue weighted by Gasteiger charge is -2.38. The van der Waals surface area contributed by atoms with E-state index < -0.39 is 16.1 Å². The number of hydrogen-bond acceptors (Lipinski definition) is 5. The van der Waals surface area contributed by atoms with Crippen molar-refractivity contribution < 1.29 is 22.3 Å². The lowest BCUT2D eigenvalue weighted by atomic mass is 9.78. The fraction of sp³-hybridized carbons (Fsp3) is 0.424. The molecule has 224 valence electrons. The zero-order chi connectivity index (χ0) is 29.9.